The van der Waals surface area contributed by atoms with Crippen molar-refractivity contribution in [1.29, 1.82) is 0 Å². The lowest BCUT2D eigenvalue weighted by Crippen LogP contribution is -2.00. The Hall–Kier alpha value is -2.30. The van der Waals surface area contributed by atoms with Crippen molar-refractivity contribution in [2.45, 2.75) is 6.61 Å². The van der Waals surface area contributed by atoms with Gasteiger partial charge in [0.25, 0.3) is 0 Å². The van der Waals surface area contributed by atoms with Crippen LogP contribution in [0.4, 0.5) is 0 Å². The number of benzene rings is 2. The topological polar surface area (TPSA) is 55.8 Å². The fourth-order valence-electron chi connectivity index (χ4n) is 2.32. The van der Waals surface area contributed by atoms with E-state index in [4.69, 9.17) is 21.1 Å². The zero-order chi connectivity index (χ0) is 16.2. The standard InChI is InChI=1S/C18H15ClO4/c19-14-3-4-15(17(21)10-14)16(20)5-1-12-2-6-18-13(9-12)11-22-7-8-23-18/h1-6,9-10,21H,7-8,11H2/b5-1+. The van der Waals surface area contributed by atoms with E-state index in [2.05, 4.69) is 0 Å². The van der Waals surface area contributed by atoms with E-state index in [-0.39, 0.29) is 17.1 Å². The average Bonchev–Trinajstić information content (AvgIpc) is 2.77. The van der Waals surface area contributed by atoms with E-state index in [1.165, 1.54) is 18.2 Å². The summed E-state index contributed by atoms with van der Waals surface area (Å²) in [6, 6.07) is 10.1. The Labute approximate surface area is 138 Å². The van der Waals surface area contributed by atoms with Crippen LogP contribution in [0.2, 0.25) is 5.02 Å². The zero-order valence-corrected chi connectivity index (χ0v) is 13.0. The Morgan fingerprint density at radius 2 is 2.04 bits per heavy atom. The second-order valence-corrected chi connectivity index (χ2v) is 5.56. The second kappa shape index (κ2) is 6.86. The Bertz CT molecular complexity index is 768. The fourth-order valence-corrected chi connectivity index (χ4v) is 2.49. The van der Waals surface area contributed by atoms with Crippen LogP contribution in [0.25, 0.3) is 6.08 Å². The molecule has 2 aromatic carbocycles. The molecule has 1 aliphatic rings. The van der Waals surface area contributed by atoms with Gasteiger partial charge in [0.1, 0.15) is 18.1 Å². The highest BCUT2D eigenvalue weighted by atomic mass is 35.5. The largest absolute Gasteiger partial charge is 0.507 e. The molecule has 0 saturated heterocycles. The number of ketones is 1. The number of carbonyl (C=O) groups excluding carboxylic acids is 1. The molecule has 1 aliphatic heterocycles. The summed E-state index contributed by atoms with van der Waals surface area (Å²) in [4.78, 5) is 12.2. The highest BCUT2D eigenvalue weighted by Crippen LogP contribution is 2.25. The summed E-state index contributed by atoms with van der Waals surface area (Å²) in [5.74, 6) is 0.388. The van der Waals surface area contributed by atoms with Crippen molar-refractivity contribution >= 4 is 23.5 Å². The highest BCUT2D eigenvalue weighted by Gasteiger charge is 2.10. The van der Waals surface area contributed by atoms with E-state index in [1.54, 1.807) is 12.1 Å². The number of phenolic OH excluding ortho intramolecular Hbond substituents is 1. The van der Waals surface area contributed by atoms with E-state index >= 15 is 0 Å². The van der Waals surface area contributed by atoms with Gasteiger partial charge in [0.05, 0.1) is 18.8 Å². The SMILES string of the molecule is O=C(/C=C/c1ccc2c(c1)COCCO2)c1ccc(Cl)cc1O. The summed E-state index contributed by atoms with van der Waals surface area (Å²) in [5, 5.41) is 10.2. The molecule has 1 N–H and O–H groups in total. The van der Waals surface area contributed by atoms with Crippen molar-refractivity contribution in [3.63, 3.8) is 0 Å². The lowest BCUT2D eigenvalue weighted by Gasteiger charge is -2.06. The minimum absolute atomic E-state index is 0.129. The molecular weight excluding hydrogens is 316 g/mol. The average molecular weight is 331 g/mol. The number of fused-ring (bicyclic) bond motifs is 1. The van der Waals surface area contributed by atoms with Gasteiger partial charge in [-0.2, -0.15) is 0 Å². The van der Waals surface area contributed by atoms with Crippen molar-refractivity contribution in [2.24, 2.45) is 0 Å². The molecule has 0 aliphatic carbocycles. The Morgan fingerprint density at radius 1 is 1.17 bits per heavy atom. The van der Waals surface area contributed by atoms with Crippen molar-refractivity contribution in [3.05, 3.63) is 64.2 Å². The molecular formula is C18H15ClO4. The van der Waals surface area contributed by atoms with Gasteiger partial charge in [-0.25, -0.2) is 0 Å². The third-order valence-corrected chi connectivity index (χ3v) is 3.71. The molecule has 2 aromatic rings. The van der Waals surface area contributed by atoms with Gasteiger partial charge >= 0.3 is 0 Å². The van der Waals surface area contributed by atoms with Crippen molar-refractivity contribution < 1.29 is 19.4 Å². The van der Waals surface area contributed by atoms with Gasteiger partial charge in [-0.3, -0.25) is 4.79 Å². The van der Waals surface area contributed by atoms with Crippen LogP contribution in [-0.4, -0.2) is 24.1 Å². The summed E-state index contributed by atoms with van der Waals surface area (Å²) in [5.41, 5.74) is 2.03. The monoisotopic (exact) mass is 330 g/mol. The van der Waals surface area contributed by atoms with Crippen LogP contribution in [0.15, 0.2) is 42.5 Å². The first kappa shape index (κ1) is 15.6. The molecule has 0 saturated carbocycles. The maximum atomic E-state index is 12.2. The van der Waals surface area contributed by atoms with Gasteiger partial charge in [0, 0.05) is 10.6 Å². The van der Waals surface area contributed by atoms with Crippen molar-refractivity contribution in [1.82, 2.24) is 0 Å². The normalized spacial score (nSPS) is 14.1. The number of carbonyl (C=O) groups is 1. The minimum Gasteiger partial charge on any atom is -0.507 e. The number of ether oxygens (including phenoxy) is 2. The molecule has 0 atom stereocenters. The fraction of sp³-hybridized carbons (Fsp3) is 0.167. The molecule has 5 heteroatoms. The van der Waals surface area contributed by atoms with Gasteiger partial charge in [-0.15, -0.1) is 0 Å². The van der Waals surface area contributed by atoms with E-state index < -0.39 is 0 Å². The maximum absolute atomic E-state index is 12.2. The van der Waals surface area contributed by atoms with E-state index in [9.17, 15) is 9.90 Å². The third kappa shape index (κ3) is 3.73. The Morgan fingerprint density at radius 3 is 2.87 bits per heavy atom. The van der Waals surface area contributed by atoms with E-state index in [1.807, 2.05) is 18.2 Å². The van der Waals surface area contributed by atoms with E-state index in [0.29, 0.717) is 24.8 Å². The third-order valence-electron chi connectivity index (χ3n) is 3.48. The molecule has 0 amide bonds. The van der Waals surface area contributed by atoms with Crippen LogP contribution < -0.4 is 4.74 Å². The first-order valence-corrected chi connectivity index (χ1v) is 7.56. The van der Waals surface area contributed by atoms with Crippen LogP contribution in [0.1, 0.15) is 21.5 Å². The van der Waals surface area contributed by atoms with Gasteiger partial charge in [-0.1, -0.05) is 23.7 Å². The molecule has 4 nitrogen and oxygen atoms in total. The number of allylic oxidation sites excluding steroid dienone is 1. The number of hydrogen-bond acceptors (Lipinski definition) is 4. The van der Waals surface area contributed by atoms with Gasteiger partial charge in [0.2, 0.25) is 0 Å². The molecule has 0 radical (unpaired) electrons. The number of aromatic hydroxyl groups is 1. The minimum atomic E-state index is -0.290. The number of phenols is 1. The van der Waals surface area contributed by atoms with Crippen LogP contribution in [0.3, 0.4) is 0 Å². The first-order chi connectivity index (χ1) is 11.1. The first-order valence-electron chi connectivity index (χ1n) is 7.18. The molecule has 0 fully saturated rings. The van der Waals surface area contributed by atoms with Crippen LogP contribution in [0.5, 0.6) is 11.5 Å². The summed E-state index contributed by atoms with van der Waals surface area (Å²) in [7, 11) is 0. The lowest BCUT2D eigenvalue weighted by atomic mass is 10.1. The predicted molar refractivity (Wildman–Crippen MR) is 88.1 cm³/mol. The highest BCUT2D eigenvalue weighted by molar-refractivity contribution is 6.31. The zero-order valence-electron chi connectivity index (χ0n) is 12.3. The van der Waals surface area contributed by atoms with Crippen LogP contribution >= 0.6 is 11.6 Å². The predicted octanol–water partition coefficient (Wildman–Crippen LogP) is 3.85. The van der Waals surface area contributed by atoms with Crippen molar-refractivity contribution in [3.8, 4) is 11.5 Å². The molecule has 3 rings (SSSR count). The maximum Gasteiger partial charge on any atom is 0.189 e. The molecule has 1 heterocycles. The van der Waals surface area contributed by atoms with Gasteiger partial charge in [0.15, 0.2) is 5.78 Å². The molecule has 23 heavy (non-hydrogen) atoms. The summed E-state index contributed by atoms with van der Waals surface area (Å²) < 4.78 is 11.0. The molecule has 0 unspecified atom stereocenters. The van der Waals surface area contributed by atoms with Crippen LogP contribution in [-0.2, 0) is 11.3 Å². The molecule has 118 valence electrons. The molecule has 0 aromatic heterocycles. The quantitative estimate of drug-likeness (QED) is 0.686. The summed E-state index contributed by atoms with van der Waals surface area (Å²) in [6.45, 7) is 1.59. The number of hydrogen-bond donors (Lipinski definition) is 1. The number of halogens is 1. The van der Waals surface area contributed by atoms with Gasteiger partial charge in [-0.05, 0) is 42.0 Å². The Balaban J connectivity index is 1.79. The van der Waals surface area contributed by atoms with Gasteiger partial charge < -0.3 is 14.6 Å². The summed E-state index contributed by atoms with van der Waals surface area (Å²) in [6.07, 6.45) is 3.12. The Kier molecular flexibility index (Phi) is 4.65. The van der Waals surface area contributed by atoms with E-state index in [0.717, 1.165) is 16.9 Å². The second-order valence-electron chi connectivity index (χ2n) is 5.13. The van der Waals surface area contributed by atoms with Crippen LogP contribution in [0, 0.1) is 0 Å². The summed E-state index contributed by atoms with van der Waals surface area (Å²) >= 11 is 5.76. The molecule has 0 spiro atoms. The smallest absolute Gasteiger partial charge is 0.189 e. The number of rotatable bonds is 3. The molecule has 0 bridgehead atoms. The van der Waals surface area contributed by atoms with Crippen molar-refractivity contribution in [2.75, 3.05) is 13.2 Å². The lowest BCUT2D eigenvalue weighted by molar-refractivity contribution is 0.104.